The maximum absolute atomic E-state index is 4.76. The number of hydrogen-bond acceptors (Lipinski definition) is 5. The molecule has 0 saturated heterocycles. The molecule has 3 heterocycles. The van der Waals surface area contributed by atoms with Crippen LogP contribution in [0.4, 0.5) is 11.6 Å². The fourth-order valence-electron chi connectivity index (χ4n) is 1.63. The van der Waals surface area contributed by atoms with E-state index in [1.807, 2.05) is 61.0 Å². The minimum absolute atomic E-state index is 0.194. The number of hydrogen-bond donors (Lipinski definition) is 0. The van der Waals surface area contributed by atoms with Gasteiger partial charge in [-0.2, -0.15) is 0 Å². The Bertz CT molecular complexity index is 715. The van der Waals surface area contributed by atoms with E-state index in [1.165, 1.54) is 0 Å². The summed E-state index contributed by atoms with van der Waals surface area (Å²) >= 11 is 1.81. The molecule has 0 spiro atoms. The van der Waals surface area contributed by atoms with Crippen LogP contribution in [0.3, 0.4) is 0 Å². The zero-order chi connectivity index (χ0) is 17.0. The van der Waals surface area contributed by atoms with Crippen LogP contribution in [0.1, 0.15) is 9.75 Å². The zero-order valence-corrected chi connectivity index (χ0v) is 15.7. The van der Waals surface area contributed by atoms with Gasteiger partial charge in [-0.15, -0.1) is 11.3 Å². The minimum atomic E-state index is 0.194. The molecule has 0 atom stereocenters. The van der Waals surface area contributed by atoms with E-state index in [2.05, 4.69) is 20.0 Å². The van der Waals surface area contributed by atoms with E-state index in [9.17, 15) is 0 Å². The number of thiophene rings is 1. The Labute approximate surface area is 158 Å². The summed E-state index contributed by atoms with van der Waals surface area (Å²) in [6.45, 7) is 0. The predicted molar refractivity (Wildman–Crippen MR) is 99.0 cm³/mol. The monoisotopic (exact) mass is 418 g/mol. The van der Waals surface area contributed by atoms with E-state index in [0.717, 1.165) is 9.75 Å². The van der Waals surface area contributed by atoms with Gasteiger partial charge in [0.1, 0.15) is 0 Å². The second-order valence-corrected chi connectivity index (χ2v) is 7.15. The van der Waals surface area contributed by atoms with Gasteiger partial charge in [-0.05, 0) is 36.4 Å². The van der Waals surface area contributed by atoms with Gasteiger partial charge in [0.05, 0.1) is 0 Å². The second kappa shape index (κ2) is 11.1. The molecule has 0 unspecified atom stereocenters. The van der Waals surface area contributed by atoms with Crippen LogP contribution in [0.5, 0.6) is 0 Å². The summed E-state index contributed by atoms with van der Waals surface area (Å²) in [5.74, 6) is 1.41. The first kappa shape index (κ1) is 18.8. The third-order valence-electron chi connectivity index (χ3n) is 2.59. The van der Waals surface area contributed by atoms with E-state index in [1.54, 1.807) is 23.7 Å². The van der Waals surface area contributed by atoms with Crippen LogP contribution < -0.4 is 0 Å². The molecule has 0 bridgehead atoms. The average molecular weight is 419 g/mol. The molecule has 0 fully saturated rings. The van der Waals surface area contributed by atoms with Crippen LogP contribution in [0, 0.1) is 0 Å². The number of nitrogens with zero attached hydrogens (tertiary/aromatic N) is 4. The molecule has 3 aromatic rings. The summed E-state index contributed by atoms with van der Waals surface area (Å²) in [4.78, 5) is 19.1. The molecule has 24 heavy (non-hydrogen) atoms. The fraction of sp³-hybridized carbons (Fsp3) is 0. The second-order valence-electron chi connectivity index (χ2n) is 4.18. The molecular formula is C16H12Cl2FeN4S. The molecule has 4 nitrogen and oxygen atoms in total. The third kappa shape index (κ3) is 6.91. The number of halogens is 2. The molecule has 0 amide bonds. The number of aromatic nitrogens is 2. The Balaban J connectivity index is 0.000000647. The molecule has 8 heteroatoms. The van der Waals surface area contributed by atoms with E-state index in [0.29, 0.717) is 11.6 Å². The Kier molecular flexibility index (Phi) is 8.66. The van der Waals surface area contributed by atoms with Crippen LogP contribution in [-0.4, -0.2) is 22.4 Å². The van der Waals surface area contributed by atoms with Crippen molar-refractivity contribution in [2.45, 2.75) is 0 Å². The number of rotatable bonds is 4. The van der Waals surface area contributed by atoms with Crippen molar-refractivity contribution in [2.24, 2.45) is 9.98 Å². The van der Waals surface area contributed by atoms with Crippen molar-refractivity contribution in [3.05, 3.63) is 70.7 Å². The molecule has 0 aromatic carbocycles. The van der Waals surface area contributed by atoms with Crippen molar-refractivity contribution < 1.29 is 13.1 Å². The van der Waals surface area contributed by atoms with Crippen molar-refractivity contribution in [1.82, 2.24) is 9.97 Å². The molecule has 0 saturated carbocycles. The molecular weight excluding hydrogens is 407 g/mol. The SMILES string of the molecule is C(=N\c1ccccn1)/c1ccc(/C=N/c2ccccn2)s1.[Cl][Fe][Cl]. The average Bonchev–Trinajstić information content (AvgIpc) is 3.09. The summed E-state index contributed by atoms with van der Waals surface area (Å²) < 4.78 is 0. The Morgan fingerprint density at radius 1 is 0.792 bits per heavy atom. The van der Waals surface area contributed by atoms with Crippen LogP contribution in [-0.2, 0) is 13.1 Å². The Hall–Kier alpha value is -1.56. The van der Waals surface area contributed by atoms with Crippen molar-refractivity contribution >= 4 is 55.6 Å². The van der Waals surface area contributed by atoms with Gasteiger partial charge in [-0.25, -0.2) is 20.0 Å². The molecule has 124 valence electrons. The molecule has 3 rings (SSSR count). The predicted octanol–water partition coefficient (Wildman–Crippen LogP) is 5.42. The van der Waals surface area contributed by atoms with E-state index in [4.69, 9.17) is 20.2 Å². The fourth-order valence-corrected chi connectivity index (χ4v) is 2.38. The first-order valence-corrected chi connectivity index (χ1v) is 10.5. The van der Waals surface area contributed by atoms with Crippen LogP contribution in [0.15, 0.2) is 70.9 Å². The number of pyridine rings is 2. The zero-order valence-electron chi connectivity index (χ0n) is 12.2. The van der Waals surface area contributed by atoms with Crippen molar-refractivity contribution in [3.8, 4) is 0 Å². The van der Waals surface area contributed by atoms with Gasteiger partial charge in [-0.3, -0.25) is 0 Å². The van der Waals surface area contributed by atoms with E-state index in [-0.39, 0.29) is 13.1 Å². The molecule has 0 N–H and O–H groups in total. The number of aliphatic imine (C=N–C) groups is 2. The van der Waals surface area contributed by atoms with Crippen LogP contribution >= 0.6 is 31.5 Å². The maximum atomic E-state index is 4.76. The van der Waals surface area contributed by atoms with Gasteiger partial charge in [0.15, 0.2) is 11.6 Å². The molecule has 0 aliphatic carbocycles. The third-order valence-corrected chi connectivity index (χ3v) is 3.55. The van der Waals surface area contributed by atoms with Crippen molar-refractivity contribution in [1.29, 1.82) is 0 Å². The van der Waals surface area contributed by atoms with E-state index >= 15 is 0 Å². The molecule has 0 aliphatic rings. The van der Waals surface area contributed by atoms with Gasteiger partial charge < -0.3 is 0 Å². The Morgan fingerprint density at radius 3 is 1.62 bits per heavy atom. The van der Waals surface area contributed by atoms with Crippen molar-refractivity contribution in [3.63, 3.8) is 0 Å². The normalized spacial score (nSPS) is 10.9. The topological polar surface area (TPSA) is 50.5 Å². The van der Waals surface area contributed by atoms with E-state index < -0.39 is 0 Å². The van der Waals surface area contributed by atoms with Gasteiger partial charge in [0.25, 0.3) is 0 Å². The summed E-state index contributed by atoms with van der Waals surface area (Å²) in [6.07, 6.45) is 7.08. The Morgan fingerprint density at radius 2 is 1.25 bits per heavy atom. The van der Waals surface area contributed by atoms with Crippen molar-refractivity contribution in [2.75, 3.05) is 0 Å². The summed E-state index contributed by atoms with van der Waals surface area (Å²) in [7, 11) is 9.53. The first-order valence-electron chi connectivity index (χ1n) is 6.67. The van der Waals surface area contributed by atoms with Crippen LogP contribution in [0.2, 0.25) is 0 Å². The van der Waals surface area contributed by atoms with Crippen LogP contribution in [0.25, 0.3) is 0 Å². The summed E-state index contributed by atoms with van der Waals surface area (Å²) in [6, 6.07) is 15.3. The van der Waals surface area contributed by atoms with Gasteiger partial charge in [0.2, 0.25) is 0 Å². The van der Waals surface area contributed by atoms with Gasteiger partial charge in [0, 0.05) is 34.6 Å². The summed E-state index contributed by atoms with van der Waals surface area (Å²) in [5, 5.41) is 0. The summed E-state index contributed by atoms with van der Waals surface area (Å²) in [5.41, 5.74) is 0. The molecule has 0 aliphatic heterocycles. The van der Waals surface area contributed by atoms with Gasteiger partial charge >= 0.3 is 33.3 Å². The first-order chi connectivity index (χ1) is 11.8. The molecule has 0 radical (unpaired) electrons. The standard InChI is InChI=1S/C16H12N4S.2ClH.Fe/c1-3-9-17-15(5-1)19-11-13-7-8-14(21-13)12-20-16-6-2-4-10-18-16;;;/h1-12H;2*1H;/q;;;+2/p-2/b19-11+,20-12+;;;. The quantitative estimate of drug-likeness (QED) is 0.419. The van der Waals surface area contributed by atoms with Gasteiger partial charge in [-0.1, -0.05) is 12.1 Å². The molecule has 3 aromatic heterocycles.